The highest BCUT2D eigenvalue weighted by Crippen LogP contribution is 2.19. The summed E-state index contributed by atoms with van der Waals surface area (Å²) in [6, 6.07) is 16.7. The second-order valence-corrected chi connectivity index (χ2v) is 7.91. The number of hydrogen-bond donors (Lipinski definition) is 1. The van der Waals surface area contributed by atoms with Crippen LogP contribution < -0.4 is 5.32 Å². The van der Waals surface area contributed by atoms with Crippen molar-refractivity contribution in [1.82, 2.24) is 10.2 Å². The zero-order chi connectivity index (χ0) is 19.9. The molecule has 1 N–H and O–H groups in total. The zero-order valence-corrected chi connectivity index (χ0v) is 17.0. The highest BCUT2D eigenvalue weighted by Gasteiger charge is 2.28. The van der Waals surface area contributed by atoms with E-state index in [1.165, 1.54) is 0 Å². The van der Waals surface area contributed by atoms with Crippen molar-refractivity contribution in [2.24, 2.45) is 0 Å². The van der Waals surface area contributed by atoms with Gasteiger partial charge in [-0.3, -0.25) is 9.59 Å². The van der Waals surface area contributed by atoms with Gasteiger partial charge in [-0.2, -0.15) is 0 Å². The molecule has 28 heavy (non-hydrogen) atoms. The van der Waals surface area contributed by atoms with E-state index in [1.54, 1.807) is 17.0 Å². The van der Waals surface area contributed by atoms with Crippen LogP contribution in [0.15, 0.2) is 54.6 Å². The van der Waals surface area contributed by atoms with Crippen LogP contribution >= 0.6 is 11.6 Å². The number of halogens is 1. The first-order valence-electron chi connectivity index (χ1n) is 9.91. The minimum atomic E-state index is -0.535. The lowest BCUT2D eigenvalue weighted by Crippen LogP contribution is -2.50. The van der Waals surface area contributed by atoms with Gasteiger partial charge in [-0.1, -0.05) is 66.9 Å². The Morgan fingerprint density at radius 3 is 2.32 bits per heavy atom. The monoisotopic (exact) mass is 398 g/mol. The second-order valence-electron chi connectivity index (χ2n) is 7.48. The van der Waals surface area contributed by atoms with Crippen molar-refractivity contribution in [2.45, 2.75) is 57.7 Å². The molecular formula is C23H27ClN2O2. The normalized spacial score (nSPS) is 15.2. The molecule has 0 aliphatic heterocycles. The van der Waals surface area contributed by atoms with Gasteiger partial charge >= 0.3 is 0 Å². The summed E-state index contributed by atoms with van der Waals surface area (Å²) < 4.78 is 0. The number of amides is 2. The number of benzene rings is 2. The van der Waals surface area contributed by atoms with Crippen molar-refractivity contribution in [2.75, 3.05) is 0 Å². The molecule has 148 valence electrons. The third kappa shape index (κ3) is 5.59. The van der Waals surface area contributed by atoms with Gasteiger partial charge in [-0.05, 0) is 43.0 Å². The summed E-state index contributed by atoms with van der Waals surface area (Å²) in [5, 5.41) is 3.77. The first-order chi connectivity index (χ1) is 13.5. The minimum absolute atomic E-state index is 0.0600. The van der Waals surface area contributed by atoms with E-state index in [0.717, 1.165) is 36.8 Å². The van der Waals surface area contributed by atoms with Gasteiger partial charge in [0.2, 0.25) is 11.8 Å². The van der Waals surface area contributed by atoms with E-state index in [4.69, 9.17) is 11.6 Å². The molecule has 3 rings (SSSR count). The SMILES string of the molecule is CC(C(=O)NC1CCCC1)N(Cc1ccc(Cl)cc1)C(=O)Cc1ccccc1. The second kappa shape index (κ2) is 9.74. The summed E-state index contributed by atoms with van der Waals surface area (Å²) in [5.41, 5.74) is 1.89. The van der Waals surface area contributed by atoms with Crippen LogP contribution in [0.3, 0.4) is 0 Å². The maximum atomic E-state index is 13.1. The molecule has 4 nitrogen and oxygen atoms in total. The van der Waals surface area contributed by atoms with Crippen LogP contribution in [0.25, 0.3) is 0 Å². The molecule has 0 spiro atoms. The van der Waals surface area contributed by atoms with Crippen LogP contribution in [0.4, 0.5) is 0 Å². The fourth-order valence-electron chi connectivity index (χ4n) is 3.63. The summed E-state index contributed by atoms with van der Waals surface area (Å²) in [6.07, 6.45) is 4.62. The van der Waals surface area contributed by atoms with E-state index < -0.39 is 6.04 Å². The van der Waals surface area contributed by atoms with E-state index in [9.17, 15) is 9.59 Å². The van der Waals surface area contributed by atoms with Gasteiger partial charge in [-0.25, -0.2) is 0 Å². The van der Waals surface area contributed by atoms with Crippen LogP contribution in [0.1, 0.15) is 43.7 Å². The molecule has 2 aromatic carbocycles. The van der Waals surface area contributed by atoms with Crippen LogP contribution in [0.2, 0.25) is 5.02 Å². The lowest BCUT2D eigenvalue weighted by molar-refractivity contribution is -0.140. The Bertz CT molecular complexity index is 786. The highest BCUT2D eigenvalue weighted by atomic mass is 35.5. The van der Waals surface area contributed by atoms with Crippen molar-refractivity contribution in [3.05, 3.63) is 70.7 Å². The largest absolute Gasteiger partial charge is 0.352 e. The van der Waals surface area contributed by atoms with Crippen LogP contribution in [0.5, 0.6) is 0 Å². The number of carbonyl (C=O) groups is 2. The van der Waals surface area contributed by atoms with Gasteiger partial charge in [0.25, 0.3) is 0 Å². The Morgan fingerprint density at radius 1 is 1.04 bits per heavy atom. The van der Waals surface area contributed by atoms with Gasteiger partial charge in [-0.15, -0.1) is 0 Å². The Kier molecular flexibility index (Phi) is 7.10. The predicted octanol–water partition coefficient (Wildman–Crippen LogP) is 4.36. The average Bonchev–Trinajstić information content (AvgIpc) is 3.20. The molecule has 2 aromatic rings. The first-order valence-corrected chi connectivity index (χ1v) is 10.3. The highest BCUT2D eigenvalue weighted by molar-refractivity contribution is 6.30. The molecule has 5 heteroatoms. The third-order valence-electron chi connectivity index (χ3n) is 5.33. The average molecular weight is 399 g/mol. The molecule has 1 aliphatic rings. The summed E-state index contributed by atoms with van der Waals surface area (Å²) in [4.78, 5) is 27.6. The maximum absolute atomic E-state index is 13.1. The van der Waals surface area contributed by atoms with Crippen LogP contribution in [-0.2, 0) is 22.6 Å². The molecule has 0 aromatic heterocycles. The molecule has 1 unspecified atom stereocenters. The molecule has 0 saturated heterocycles. The third-order valence-corrected chi connectivity index (χ3v) is 5.59. The van der Waals surface area contributed by atoms with Crippen molar-refractivity contribution in [1.29, 1.82) is 0 Å². The van der Waals surface area contributed by atoms with Gasteiger partial charge in [0.1, 0.15) is 6.04 Å². The molecule has 0 heterocycles. The number of nitrogens with zero attached hydrogens (tertiary/aromatic N) is 1. The molecule has 0 bridgehead atoms. The Balaban J connectivity index is 1.74. The van der Waals surface area contributed by atoms with Crippen molar-refractivity contribution >= 4 is 23.4 Å². The Labute approximate surface area is 171 Å². The lowest BCUT2D eigenvalue weighted by atomic mass is 10.1. The Hall–Kier alpha value is -2.33. The zero-order valence-electron chi connectivity index (χ0n) is 16.2. The van der Waals surface area contributed by atoms with E-state index >= 15 is 0 Å². The summed E-state index contributed by atoms with van der Waals surface area (Å²) in [7, 11) is 0. The molecule has 1 atom stereocenters. The molecule has 0 radical (unpaired) electrons. The molecule has 1 saturated carbocycles. The fraction of sp³-hybridized carbons (Fsp3) is 0.391. The molecule has 1 aliphatic carbocycles. The first kappa shape index (κ1) is 20.4. The van der Waals surface area contributed by atoms with Gasteiger partial charge in [0.15, 0.2) is 0 Å². The number of hydrogen-bond acceptors (Lipinski definition) is 2. The van der Waals surface area contributed by atoms with Gasteiger partial charge in [0, 0.05) is 17.6 Å². The number of rotatable bonds is 7. The molecule has 2 amide bonds. The predicted molar refractivity (Wildman–Crippen MR) is 112 cm³/mol. The van der Waals surface area contributed by atoms with E-state index in [1.807, 2.05) is 49.4 Å². The standard InChI is InChI=1S/C23H27ClN2O2/c1-17(23(28)25-21-9-5-6-10-21)26(16-19-11-13-20(24)14-12-19)22(27)15-18-7-3-2-4-8-18/h2-4,7-8,11-14,17,21H,5-6,9-10,15-16H2,1H3,(H,25,28). The fourth-order valence-corrected chi connectivity index (χ4v) is 3.76. The summed E-state index contributed by atoms with van der Waals surface area (Å²) >= 11 is 5.98. The van der Waals surface area contributed by atoms with E-state index in [-0.39, 0.29) is 24.3 Å². The summed E-state index contributed by atoms with van der Waals surface area (Å²) in [6.45, 7) is 2.19. The molecular weight excluding hydrogens is 372 g/mol. The quantitative estimate of drug-likeness (QED) is 0.753. The van der Waals surface area contributed by atoms with Crippen molar-refractivity contribution < 1.29 is 9.59 Å². The van der Waals surface area contributed by atoms with Crippen LogP contribution in [0, 0.1) is 0 Å². The smallest absolute Gasteiger partial charge is 0.242 e. The van der Waals surface area contributed by atoms with Crippen molar-refractivity contribution in [3.63, 3.8) is 0 Å². The van der Waals surface area contributed by atoms with Gasteiger partial charge in [0.05, 0.1) is 6.42 Å². The number of carbonyl (C=O) groups excluding carboxylic acids is 2. The van der Waals surface area contributed by atoms with E-state index in [0.29, 0.717) is 11.6 Å². The minimum Gasteiger partial charge on any atom is -0.352 e. The lowest BCUT2D eigenvalue weighted by Gasteiger charge is -2.30. The van der Waals surface area contributed by atoms with Gasteiger partial charge < -0.3 is 10.2 Å². The van der Waals surface area contributed by atoms with E-state index in [2.05, 4.69) is 5.32 Å². The Morgan fingerprint density at radius 2 is 1.68 bits per heavy atom. The maximum Gasteiger partial charge on any atom is 0.242 e. The van der Waals surface area contributed by atoms with Crippen LogP contribution in [-0.4, -0.2) is 28.8 Å². The topological polar surface area (TPSA) is 49.4 Å². The number of nitrogens with one attached hydrogen (secondary N) is 1. The van der Waals surface area contributed by atoms with Crippen molar-refractivity contribution in [3.8, 4) is 0 Å². The molecule has 1 fully saturated rings. The summed E-state index contributed by atoms with van der Waals surface area (Å²) in [5.74, 6) is -0.141.